The number of benzene rings is 1. The lowest BCUT2D eigenvalue weighted by Gasteiger charge is -2.16. The maximum absolute atomic E-state index is 13.7. The number of anilines is 1. The van der Waals surface area contributed by atoms with Gasteiger partial charge in [-0.2, -0.15) is 0 Å². The summed E-state index contributed by atoms with van der Waals surface area (Å²) in [7, 11) is 0. The van der Waals surface area contributed by atoms with E-state index in [1.165, 1.54) is 18.7 Å². The summed E-state index contributed by atoms with van der Waals surface area (Å²) < 4.78 is 53.8. The van der Waals surface area contributed by atoms with Crippen molar-refractivity contribution < 1.29 is 17.6 Å². The van der Waals surface area contributed by atoms with Gasteiger partial charge >= 0.3 is 0 Å². The molecule has 28 heavy (non-hydrogen) atoms. The average molecular weight is 390 g/mol. The topological polar surface area (TPSA) is 82.3 Å². The van der Waals surface area contributed by atoms with Gasteiger partial charge in [-0.1, -0.05) is 0 Å². The number of rotatable bonds is 5. The molecule has 144 valence electrons. The number of fused-ring (bicyclic) bond motifs is 1. The van der Waals surface area contributed by atoms with Gasteiger partial charge in [-0.25, -0.2) is 32.5 Å². The lowest BCUT2D eigenvalue weighted by molar-refractivity contribution is 0.146. The molecule has 0 amide bonds. The van der Waals surface area contributed by atoms with Crippen LogP contribution in [0.4, 0.5) is 23.4 Å². The molecule has 0 radical (unpaired) electrons. The third-order valence-electron chi connectivity index (χ3n) is 4.29. The van der Waals surface area contributed by atoms with Gasteiger partial charge in [0.2, 0.25) is 0 Å². The number of halogens is 4. The first-order chi connectivity index (χ1) is 13.4. The van der Waals surface area contributed by atoms with Crippen molar-refractivity contribution in [2.24, 2.45) is 0 Å². The Kier molecular flexibility index (Phi) is 4.46. The average Bonchev–Trinajstić information content (AvgIpc) is 3.28. The van der Waals surface area contributed by atoms with Crippen molar-refractivity contribution in [2.45, 2.75) is 19.4 Å². The lowest BCUT2D eigenvalue weighted by atomic mass is 10.0. The zero-order chi connectivity index (χ0) is 19.8. The molecule has 3 aromatic heterocycles. The summed E-state index contributed by atoms with van der Waals surface area (Å²) in [5.41, 5.74) is 1.40. The molecule has 1 atom stereocenters. The van der Waals surface area contributed by atoms with E-state index in [-0.39, 0.29) is 16.8 Å². The monoisotopic (exact) mass is 390 g/mol. The molecule has 4 aromatic rings. The summed E-state index contributed by atoms with van der Waals surface area (Å²) in [6.45, 7) is 1.71. The van der Waals surface area contributed by atoms with Gasteiger partial charge in [0, 0.05) is 17.3 Å². The molecule has 0 fully saturated rings. The van der Waals surface area contributed by atoms with Crippen LogP contribution in [0.5, 0.6) is 0 Å². The maximum atomic E-state index is 13.7. The van der Waals surface area contributed by atoms with Gasteiger partial charge in [-0.15, -0.1) is 0 Å². The van der Waals surface area contributed by atoms with Crippen molar-refractivity contribution in [3.63, 3.8) is 0 Å². The molecule has 10 heteroatoms. The Morgan fingerprint density at radius 3 is 2.46 bits per heavy atom. The highest BCUT2D eigenvalue weighted by Gasteiger charge is 2.21. The van der Waals surface area contributed by atoms with Crippen LogP contribution in [0.15, 0.2) is 36.9 Å². The van der Waals surface area contributed by atoms with Crippen LogP contribution >= 0.6 is 0 Å². The van der Waals surface area contributed by atoms with Crippen molar-refractivity contribution in [2.75, 3.05) is 5.32 Å². The highest BCUT2D eigenvalue weighted by molar-refractivity contribution is 5.82. The standard InChI is InChI=1S/C18H14F4N6/c1-8(27-18-15-17(24-6-23-15)25-7-26-18)14-12(5-13(28-14)16(21)22)9-2-10(19)4-11(20)3-9/h2-8,16,28H,1H3,(H2,23,24,25,26,27)/t8-/m0/s1. The zero-order valence-electron chi connectivity index (χ0n) is 14.5. The van der Waals surface area contributed by atoms with Gasteiger partial charge in [0.15, 0.2) is 11.5 Å². The SMILES string of the molecule is C[C@H](Nc1ncnc2nc[nH]c12)c1[nH]c(C(F)F)cc1-c1cc(F)cc(F)c1. The Morgan fingerprint density at radius 2 is 1.75 bits per heavy atom. The molecule has 3 heterocycles. The van der Waals surface area contributed by atoms with Crippen molar-refractivity contribution in [3.05, 3.63) is 59.9 Å². The molecule has 0 spiro atoms. The smallest absolute Gasteiger partial charge is 0.278 e. The fraction of sp³-hybridized carbons (Fsp3) is 0.167. The van der Waals surface area contributed by atoms with Crippen LogP contribution in [0.1, 0.15) is 30.8 Å². The van der Waals surface area contributed by atoms with Crippen LogP contribution in [0.3, 0.4) is 0 Å². The van der Waals surface area contributed by atoms with E-state index in [1.54, 1.807) is 6.92 Å². The van der Waals surface area contributed by atoms with Crippen LogP contribution in [0.25, 0.3) is 22.3 Å². The Balaban J connectivity index is 1.76. The number of alkyl halides is 2. The van der Waals surface area contributed by atoms with Gasteiger partial charge in [-0.3, -0.25) is 0 Å². The fourth-order valence-electron chi connectivity index (χ4n) is 3.05. The normalized spacial score (nSPS) is 12.6. The summed E-state index contributed by atoms with van der Waals surface area (Å²) >= 11 is 0. The second-order valence-electron chi connectivity index (χ2n) is 6.20. The van der Waals surface area contributed by atoms with Crippen LogP contribution in [-0.2, 0) is 0 Å². The minimum absolute atomic E-state index is 0.152. The second-order valence-corrected chi connectivity index (χ2v) is 6.20. The molecule has 0 aliphatic heterocycles. The Morgan fingerprint density at radius 1 is 1.00 bits per heavy atom. The van der Waals surface area contributed by atoms with E-state index >= 15 is 0 Å². The Bertz CT molecular complexity index is 1120. The number of aromatic nitrogens is 5. The molecule has 0 aliphatic carbocycles. The van der Waals surface area contributed by atoms with E-state index in [4.69, 9.17) is 0 Å². The van der Waals surface area contributed by atoms with E-state index in [1.807, 2.05) is 0 Å². The van der Waals surface area contributed by atoms with Gasteiger partial charge in [0.1, 0.15) is 23.5 Å². The molecule has 6 nitrogen and oxygen atoms in total. The predicted octanol–water partition coefficient (Wildman–Crippen LogP) is 4.74. The summed E-state index contributed by atoms with van der Waals surface area (Å²) in [4.78, 5) is 17.7. The summed E-state index contributed by atoms with van der Waals surface area (Å²) in [6, 6.07) is 3.56. The van der Waals surface area contributed by atoms with Crippen molar-refractivity contribution >= 4 is 17.0 Å². The van der Waals surface area contributed by atoms with E-state index in [9.17, 15) is 17.6 Å². The van der Waals surface area contributed by atoms with Gasteiger partial charge in [0.25, 0.3) is 6.43 Å². The molecule has 0 bridgehead atoms. The van der Waals surface area contributed by atoms with Crippen LogP contribution in [0, 0.1) is 11.6 Å². The lowest BCUT2D eigenvalue weighted by Crippen LogP contribution is -2.10. The minimum atomic E-state index is -2.77. The molecular weight excluding hydrogens is 376 g/mol. The minimum Gasteiger partial charge on any atom is -0.360 e. The summed E-state index contributed by atoms with van der Waals surface area (Å²) in [5.74, 6) is -1.17. The van der Waals surface area contributed by atoms with Gasteiger partial charge in [-0.05, 0) is 30.7 Å². The van der Waals surface area contributed by atoms with Gasteiger partial charge < -0.3 is 15.3 Å². The molecule has 4 rings (SSSR count). The molecule has 0 unspecified atom stereocenters. The van der Waals surface area contributed by atoms with Crippen LogP contribution < -0.4 is 5.32 Å². The number of hydrogen-bond acceptors (Lipinski definition) is 4. The number of H-pyrrole nitrogens is 2. The first-order valence-corrected chi connectivity index (χ1v) is 8.30. The van der Waals surface area contributed by atoms with Gasteiger partial charge in [0.05, 0.1) is 18.1 Å². The number of aromatic amines is 2. The highest BCUT2D eigenvalue weighted by Crippen LogP contribution is 2.34. The van der Waals surface area contributed by atoms with E-state index in [0.717, 1.165) is 18.2 Å². The third kappa shape index (κ3) is 3.28. The maximum Gasteiger partial charge on any atom is 0.278 e. The van der Waals surface area contributed by atoms with E-state index < -0.39 is 24.1 Å². The fourth-order valence-corrected chi connectivity index (χ4v) is 3.05. The molecule has 0 saturated heterocycles. The van der Waals surface area contributed by atoms with E-state index in [0.29, 0.717) is 22.7 Å². The number of nitrogens with one attached hydrogen (secondary N) is 3. The van der Waals surface area contributed by atoms with Crippen molar-refractivity contribution in [3.8, 4) is 11.1 Å². The van der Waals surface area contributed by atoms with Crippen LogP contribution in [0.2, 0.25) is 0 Å². The number of imidazole rings is 1. The second kappa shape index (κ2) is 6.95. The van der Waals surface area contributed by atoms with E-state index in [2.05, 4.69) is 30.2 Å². The predicted molar refractivity (Wildman–Crippen MR) is 94.8 cm³/mol. The first kappa shape index (κ1) is 18.0. The highest BCUT2D eigenvalue weighted by atomic mass is 19.3. The van der Waals surface area contributed by atoms with Crippen molar-refractivity contribution in [1.82, 2.24) is 24.9 Å². The quantitative estimate of drug-likeness (QED) is 0.430. The molecule has 1 aromatic carbocycles. The van der Waals surface area contributed by atoms with Crippen LogP contribution in [-0.4, -0.2) is 24.9 Å². The Labute approximate surface area is 156 Å². The zero-order valence-corrected chi connectivity index (χ0v) is 14.5. The number of hydrogen-bond donors (Lipinski definition) is 3. The molecular formula is C18H14F4N6. The largest absolute Gasteiger partial charge is 0.360 e. The number of nitrogens with zero attached hydrogens (tertiary/aromatic N) is 3. The molecule has 0 aliphatic rings. The Hall–Kier alpha value is -3.43. The summed E-state index contributed by atoms with van der Waals surface area (Å²) in [6.07, 6.45) is 0.0107. The third-order valence-corrected chi connectivity index (χ3v) is 4.29. The van der Waals surface area contributed by atoms with Crippen molar-refractivity contribution in [1.29, 1.82) is 0 Å². The summed E-state index contributed by atoms with van der Waals surface area (Å²) in [5, 5.41) is 3.09. The molecule has 0 saturated carbocycles. The molecule has 3 N–H and O–H groups in total. The first-order valence-electron chi connectivity index (χ1n) is 8.30.